The molecular formula is C16H33N3O. The fraction of sp³-hybridized carbons (Fsp3) is 0.938. The summed E-state index contributed by atoms with van der Waals surface area (Å²) in [4.78, 5) is 14.3. The Morgan fingerprint density at radius 3 is 2.25 bits per heavy atom. The van der Waals surface area contributed by atoms with Gasteiger partial charge < -0.3 is 15.5 Å². The number of hydrogen-bond acceptors (Lipinski definition) is 3. The number of nitrogens with zero attached hydrogens (tertiary/aromatic N) is 1. The average molecular weight is 283 g/mol. The van der Waals surface area contributed by atoms with E-state index in [1.165, 1.54) is 32.1 Å². The van der Waals surface area contributed by atoms with Gasteiger partial charge in [0.05, 0.1) is 0 Å². The molecule has 1 rings (SSSR count). The van der Waals surface area contributed by atoms with Crippen LogP contribution in [0.1, 0.15) is 59.3 Å². The maximum atomic E-state index is 12.0. The van der Waals surface area contributed by atoms with Gasteiger partial charge in [-0.25, -0.2) is 0 Å². The molecule has 0 aromatic heterocycles. The lowest BCUT2D eigenvalue weighted by Gasteiger charge is -2.43. The summed E-state index contributed by atoms with van der Waals surface area (Å²) >= 11 is 0. The molecule has 0 atom stereocenters. The molecular weight excluding hydrogens is 250 g/mol. The van der Waals surface area contributed by atoms with E-state index in [1.807, 2.05) is 0 Å². The van der Waals surface area contributed by atoms with Crippen molar-refractivity contribution in [2.45, 2.75) is 70.4 Å². The number of carbonyl (C=O) groups excluding carboxylic acids is 1. The molecule has 20 heavy (non-hydrogen) atoms. The topological polar surface area (TPSA) is 44.4 Å². The Bertz CT molecular complexity index is 301. The standard InChI is InChI=1S/C16H33N3O/c1-15(2,3)18-12-9-14(20)17-13-16(19(4)5)10-7-6-8-11-16/h18H,6-13H2,1-5H3,(H,17,20). The molecule has 0 unspecified atom stereocenters. The quantitative estimate of drug-likeness (QED) is 0.785. The van der Waals surface area contributed by atoms with Crippen LogP contribution in [0, 0.1) is 0 Å². The zero-order valence-corrected chi connectivity index (χ0v) is 14.0. The van der Waals surface area contributed by atoms with Gasteiger partial charge in [-0.05, 0) is 47.7 Å². The predicted molar refractivity (Wildman–Crippen MR) is 84.9 cm³/mol. The summed E-state index contributed by atoms with van der Waals surface area (Å²) in [5.41, 5.74) is 0.250. The molecule has 4 heteroatoms. The van der Waals surface area contributed by atoms with Crippen LogP contribution in [0.15, 0.2) is 0 Å². The van der Waals surface area contributed by atoms with E-state index >= 15 is 0 Å². The normalized spacial score (nSPS) is 19.1. The highest BCUT2D eigenvalue weighted by atomic mass is 16.1. The van der Waals surface area contributed by atoms with Crippen LogP contribution < -0.4 is 10.6 Å². The minimum atomic E-state index is 0.0779. The SMILES string of the molecule is CN(C)C1(CNC(=O)CCNC(C)(C)C)CCCCC1. The molecule has 0 saturated heterocycles. The van der Waals surface area contributed by atoms with Crippen molar-refractivity contribution >= 4 is 5.91 Å². The summed E-state index contributed by atoms with van der Waals surface area (Å²) in [5.74, 6) is 0.161. The Labute approximate surface area is 124 Å². The molecule has 0 aliphatic heterocycles. The monoisotopic (exact) mass is 283 g/mol. The van der Waals surface area contributed by atoms with Gasteiger partial charge in [0.25, 0.3) is 0 Å². The van der Waals surface area contributed by atoms with Crippen LogP contribution >= 0.6 is 0 Å². The average Bonchev–Trinajstić information content (AvgIpc) is 2.36. The molecule has 0 aromatic rings. The van der Waals surface area contributed by atoms with E-state index in [0.717, 1.165) is 13.1 Å². The molecule has 0 spiro atoms. The predicted octanol–water partition coefficient (Wildman–Crippen LogP) is 2.15. The maximum absolute atomic E-state index is 12.0. The van der Waals surface area contributed by atoms with Gasteiger partial charge in [0.2, 0.25) is 5.91 Å². The van der Waals surface area contributed by atoms with Gasteiger partial charge >= 0.3 is 0 Å². The van der Waals surface area contributed by atoms with Crippen molar-refractivity contribution in [1.29, 1.82) is 0 Å². The van der Waals surface area contributed by atoms with E-state index in [1.54, 1.807) is 0 Å². The molecule has 2 N–H and O–H groups in total. The van der Waals surface area contributed by atoms with Crippen molar-refractivity contribution in [3.05, 3.63) is 0 Å². The molecule has 1 fully saturated rings. The van der Waals surface area contributed by atoms with Crippen molar-refractivity contribution in [3.8, 4) is 0 Å². The summed E-state index contributed by atoms with van der Waals surface area (Å²) in [6, 6.07) is 0. The lowest BCUT2D eigenvalue weighted by atomic mass is 9.80. The largest absolute Gasteiger partial charge is 0.354 e. The number of likely N-dealkylation sites (N-methyl/N-ethyl adjacent to an activating group) is 1. The Balaban J connectivity index is 2.34. The number of amides is 1. The summed E-state index contributed by atoms with van der Waals surface area (Å²) < 4.78 is 0. The Morgan fingerprint density at radius 1 is 1.15 bits per heavy atom. The van der Waals surface area contributed by atoms with E-state index in [2.05, 4.69) is 50.4 Å². The van der Waals surface area contributed by atoms with E-state index < -0.39 is 0 Å². The van der Waals surface area contributed by atoms with Crippen molar-refractivity contribution in [1.82, 2.24) is 15.5 Å². The first-order valence-electron chi connectivity index (χ1n) is 7.94. The van der Waals surface area contributed by atoms with Crippen LogP contribution in [-0.4, -0.2) is 49.1 Å². The summed E-state index contributed by atoms with van der Waals surface area (Å²) in [6.45, 7) is 7.88. The van der Waals surface area contributed by atoms with E-state index in [0.29, 0.717) is 6.42 Å². The molecule has 1 amide bonds. The fourth-order valence-electron chi connectivity index (χ4n) is 2.89. The van der Waals surface area contributed by atoms with Crippen LogP contribution in [0.4, 0.5) is 0 Å². The van der Waals surface area contributed by atoms with Gasteiger partial charge in [-0.1, -0.05) is 19.3 Å². The van der Waals surface area contributed by atoms with Gasteiger partial charge in [0, 0.05) is 30.6 Å². The first-order valence-corrected chi connectivity index (χ1v) is 7.94. The molecule has 1 saturated carbocycles. The Morgan fingerprint density at radius 2 is 1.75 bits per heavy atom. The summed E-state index contributed by atoms with van der Waals surface area (Å²) in [5, 5.41) is 6.49. The van der Waals surface area contributed by atoms with Crippen LogP contribution in [-0.2, 0) is 4.79 Å². The molecule has 0 radical (unpaired) electrons. The second-order valence-electron chi connectivity index (χ2n) is 7.38. The van der Waals surface area contributed by atoms with Crippen molar-refractivity contribution in [2.75, 3.05) is 27.2 Å². The van der Waals surface area contributed by atoms with Gasteiger partial charge in [-0.3, -0.25) is 4.79 Å². The second kappa shape index (κ2) is 7.41. The Hall–Kier alpha value is -0.610. The van der Waals surface area contributed by atoms with E-state index in [9.17, 15) is 4.79 Å². The summed E-state index contributed by atoms with van der Waals surface area (Å²) in [7, 11) is 4.28. The lowest BCUT2D eigenvalue weighted by Crippen LogP contribution is -2.54. The molecule has 1 aliphatic carbocycles. The molecule has 118 valence electrons. The van der Waals surface area contributed by atoms with Crippen LogP contribution in [0.25, 0.3) is 0 Å². The minimum absolute atomic E-state index is 0.0779. The third-order valence-corrected chi connectivity index (χ3v) is 4.35. The first-order chi connectivity index (χ1) is 9.25. The fourth-order valence-corrected chi connectivity index (χ4v) is 2.89. The molecule has 4 nitrogen and oxygen atoms in total. The van der Waals surface area contributed by atoms with Crippen LogP contribution in [0.3, 0.4) is 0 Å². The highest BCUT2D eigenvalue weighted by molar-refractivity contribution is 5.76. The number of rotatable bonds is 6. The van der Waals surface area contributed by atoms with Gasteiger partial charge in [0.1, 0.15) is 0 Å². The zero-order chi connectivity index (χ0) is 15.2. The molecule has 0 heterocycles. The maximum Gasteiger partial charge on any atom is 0.221 e. The van der Waals surface area contributed by atoms with Gasteiger partial charge in [-0.2, -0.15) is 0 Å². The van der Waals surface area contributed by atoms with E-state index in [4.69, 9.17) is 0 Å². The zero-order valence-electron chi connectivity index (χ0n) is 14.0. The smallest absolute Gasteiger partial charge is 0.221 e. The number of nitrogens with one attached hydrogen (secondary N) is 2. The van der Waals surface area contributed by atoms with Crippen molar-refractivity contribution in [2.24, 2.45) is 0 Å². The molecule has 0 aromatic carbocycles. The van der Waals surface area contributed by atoms with Crippen LogP contribution in [0.2, 0.25) is 0 Å². The third-order valence-electron chi connectivity index (χ3n) is 4.35. The minimum Gasteiger partial charge on any atom is -0.354 e. The van der Waals surface area contributed by atoms with Crippen molar-refractivity contribution in [3.63, 3.8) is 0 Å². The lowest BCUT2D eigenvalue weighted by molar-refractivity contribution is -0.121. The second-order valence-corrected chi connectivity index (χ2v) is 7.38. The third kappa shape index (κ3) is 5.80. The first kappa shape index (κ1) is 17.4. The Kier molecular flexibility index (Phi) is 6.46. The summed E-state index contributed by atoms with van der Waals surface area (Å²) in [6.07, 6.45) is 6.83. The number of hydrogen-bond donors (Lipinski definition) is 2. The van der Waals surface area contributed by atoms with Gasteiger partial charge in [0.15, 0.2) is 0 Å². The number of carbonyl (C=O) groups is 1. The van der Waals surface area contributed by atoms with E-state index in [-0.39, 0.29) is 17.0 Å². The highest BCUT2D eigenvalue weighted by Crippen LogP contribution is 2.31. The van der Waals surface area contributed by atoms with Gasteiger partial charge in [-0.15, -0.1) is 0 Å². The highest BCUT2D eigenvalue weighted by Gasteiger charge is 2.34. The van der Waals surface area contributed by atoms with Crippen LogP contribution in [0.5, 0.6) is 0 Å². The molecule has 1 aliphatic rings. The molecule has 0 bridgehead atoms. The van der Waals surface area contributed by atoms with Crippen molar-refractivity contribution < 1.29 is 4.79 Å².